The Morgan fingerprint density at radius 2 is 1.89 bits per heavy atom. The Balaban J connectivity index is 2.05. The lowest BCUT2D eigenvalue weighted by atomic mass is 10.1. The number of carbonyl (C=O) groups is 1. The number of carbonyl (C=O) groups excluding carboxylic acids is 1. The Morgan fingerprint density at radius 3 is 2.56 bits per heavy atom. The van der Waals surface area contributed by atoms with Crippen molar-refractivity contribution in [2.75, 3.05) is 5.32 Å². The third-order valence-electron chi connectivity index (χ3n) is 4.11. The highest BCUT2D eigenvalue weighted by atomic mass is 35.5. The van der Waals surface area contributed by atoms with Crippen molar-refractivity contribution in [1.29, 1.82) is 0 Å². The third-order valence-corrected chi connectivity index (χ3v) is 4.44. The Kier molecular flexibility index (Phi) is 4.97. The fraction of sp³-hybridized carbons (Fsp3) is 0.158. The monoisotopic (exact) mass is 394 g/mol. The minimum absolute atomic E-state index is 0.0621. The predicted molar refractivity (Wildman–Crippen MR) is 98.3 cm³/mol. The summed E-state index contributed by atoms with van der Waals surface area (Å²) in [7, 11) is 0. The van der Waals surface area contributed by atoms with Crippen LogP contribution in [0.4, 0.5) is 18.9 Å². The van der Waals surface area contributed by atoms with Crippen molar-refractivity contribution in [2.24, 2.45) is 0 Å². The van der Waals surface area contributed by atoms with Gasteiger partial charge in [-0.1, -0.05) is 23.7 Å². The molecule has 0 aliphatic rings. The van der Waals surface area contributed by atoms with Gasteiger partial charge in [0.2, 0.25) is 5.43 Å². The minimum Gasteiger partial charge on any atom is -0.347 e. The largest absolute Gasteiger partial charge is 0.416 e. The number of halogens is 4. The van der Waals surface area contributed by atoms with E-state index < -0.39 is 23.1 Å². The van der Waals surface area contributed by atoms with Crippen LogP contribution in [0.15, 0.2) is 53.5 Å². The summed E-state index contributed by atoms with van der Waals surface area (Å²) >= 11 is 5.91. The van der Waals surface area contributed by atoms with Crippen molar-refractivity contribution in [3.8, 4) is 0 Å². The first-order valence-corrected chi connectivity index (χ1v) is 8.40. The van der Waals surface area contributed by atoms with Crippen molar-refractivity contribution in [3.05, 3.63) is 75.0 Å². The summed E-state index contributed by atoms with van der Waals surface area (Å²) in [5, 5.41) is 2.60. The fourth-order valence-electron chi connectivity index (χ4n) is 2.76. The van der Waals surface area contributed by atoms with Crippen LogP contribution in [-0.4, -0.2) is 10.5 Å². The van der Waals surface area contributed by atoms with E-state index in [9.17, 15) is 22.8 Å². The summed E-state index contributed by atoms with van der Waals surface area (Å²) in [5.74, 6) is -0.825. The van der Waals surface area contributed by atoms with Crippen LogP contribution in [0, 0.1) is 0 Å². The minimum atomic E-state index is -4.58. The van der Waals surface area contributed by atoms with Gasteiger partial charge in [-0.25, -0.2) is 0 Å². The Bertz CT molecular complexity index is 1090. The number of alkyl halides is 3. The molecule has 0 saturated heterocycles. The summed E-state index contributed by atoms with van der Waals surface area (Å²) in [5.41, 5.74) is -1.18. The zero-order chi connectivity index (χ0) is 19.8. The average Bonchev–Trinajstić information content (AvgIpc) is 2.63. The van der Waals surface area contributed by atoms with Crippen LogP contribution in [0.3, 0.4) is 0 Å². The first kappa shape index (κ1) is 19.0. The zero-order valence-electron chi connectivity index (χ0n) is 14.1. The first-order chi connectivity index (χ1) is 12.7. The number of rotatable bonds is 3. The molecule has 0 atom stereocenters. The van der Waals surface area contributed by atoms with Crippen LogP contribution in [-0.2, 0) is 12.7 Å². The van der Waals surface area contributed by atoms with E-state index in [0.717, 1.165) is 18.2 Å². The van der Waals surface area contributed by atoms with Gasteiger partial charge in [0, 0.05) is 18.1 Å². The van der Waals surface area contributed by atoms with E-state index in [0.29, 0.717) is 17.4 Å². The number of aryl methyl sites for hydroxylation is 1. The maximum absolute atomic E-state index is 12.9. The molecular formula is C19H14ClF3N2O2. The van der Waals surface area contributed by atoms with E-state index in [4.69, 9.17) is 11.6 Å². The molecule has 0 aliphatic carbocycles. The summed E-state index contributed by atoms with van der Waals surface area (Å²) in [6.07, 6.45) is -3.19. The quantitative estimate of drug-likeness (QED) is 0.683. The second kappa shape index (κ2) is 7.08. The number of para-hydroxylation sites is 1. The van der Waals surface area contributed by atoms with Crippen molar-refractivity contribution in [2.45, 2.75) is 19.6 Å². The van der Waals surface area contributed by atoms with Gasteiger partial charge in [-0.15, -0.1) is 0 Å². The number of nitrogens with zero attached hydrogens (tertiary/aromatic N) is 1. The number of fused-ring (bicyclic) bond motifs is 1. The molecule has 0 aliphatic heterocycles. The number of pyridine rings is 1. The predicted octanol–water partition coefficient (Wildman–Crippen LogP) is 4.95. The molecule has 1 aromatic heterocycles. The molecule has 3 rings (SSSR count). The lowest BCUT2D eigenvalue weighted by Crippen LogP contribution is -2.24. The van der Waals surface area contributed by atoms with Gasteiger partial charge in [0.15, 0.2) is 0 Å². The van der Waals surface area contributed by atoms with Gasteiger partial charge >= 0.3 is 6.18 Å². The molecule has 1 heterocycles. The molecule has 2 aromatic carbocycles. The lowest BCUT2D eigenvalue weighted by Gasteiger charge is -2.13. The molecule has 3 aromatic rings. The Morgan fingerprint density at radius 1 is 1.19 bits per heavy atom. The van der Waals surface area contributed by atoms with Crippen molar-refractivity contribution < 1.29 is 18.0 Å². The number of amides is 1. The second-order valence-corrected chi connectivity index (χ2v) is 6.23. The maximum Gasteiger partial charge on any atom is 0.416 e. The SMILES string of the molecule is CCn1cc(C(=O)Nc2cc(C(F)(F)F)ccc2Cl)c(=O)c2ccccc21. The van der Waals surface area contributed by atoms with Gasteiger partial charge in [-0.3, -0.25) is 9.59 Å². The van der Waals surface area contributed by atoms with Gasteiger partial charge < -0.3 is 9.88 Å². The first-order valence-electron chi connectivity index (χ1n) is 8.02. The maximum atomic E-state index is 12.9. The van der Waals surface area contributed by atoms with E-state index >= 15 is 0 Å². The van der Waals surface area contributed by atoms with Gasteiger partial charge in [0.1, 0.15) is 5.56 Å². The van der Waals surface area contributed by atoms with Crippen LogP contribution in [0.25, 0.3) is 10.9 Å². The van der Waals surface area contributed by atoms with Gasteiger partial charge in [-0.2, -0.15) is 13.2 Å². The molecule has 0 fully saturated rings. The standard InChI is InChI=1S/C19H14ClF3N2O2/c1-2-25-10-13(17(26)12-5-3-4-6-16(12)25)18(27)24-15-9-11(19(21,22)23)7-8-14(15)20/h3-10H,2H2,1H3,(H,24,27). The van der Waals surface area contributed by atoms with Crippen molar-refractivity contribution in [3.63, 3.8) is 0 Å². The lowest BCUT2D eigenvalue weighted by molar-refractivity contribution is -0.137. The van der Waals surface area contributed by atoms with Crippen molar-refractivity contribution >= 4 is 34.1 Å². The molecule has 1 N–H and O–H groups in total. The highest BCUT2D eigenvalue weighted by molar-refractivity contribution is 6.34. The fourth-order valence-corrected chi connectivity index (χ4v) is 2.92. The number of nitrogens with one attached hydrogen (secondary N) is 1. The van der Waals surface area contributed by atoms with Crippen LogP contribution in [0.5, 0.6) is 0 Å². The topological polar surface area (TPSA) is 51.1 Å². The molecule has 0 spiro atoms. The van der Waals surface area contributed by atoms with Gasteiger partial charge in [0.25, 0.3) is 5.91 Å². The molecule has 0 unspecified atom stereocenters. The Labute approximate surface area is 157 Å². The third kappa shape index (κ3) is 3.68. The normalized spacial score (nSPS) is 11.6. The highest BCUT2D eigenvalue weighted by Crippen LogP contribution is 2.34. The molecule has 8 heteroatoms. The molecule has 0 bridgehead atoms. The number of hydrogen-bond acceptors (Lipinski definition) is 2. The van der Waals surface area contributed by atoms with E-state index in [1.165, 1.54) is 6.20 Å². The summed E-state index contributed by atoms with van der Waals surface area (Å²) in [6, 6.07) is 9.40. The average molecular weight is 395 g/mol. The van der Waals surface area contributed by atoms with Crippen LogP contribution < -0.4 is 10.7 Å². The molecule has 4 nitrogen and oxygen atoms in total. The van der Waals surface area contributed by atoms with Gasteiger partial charge in [0.05, 0.1) is 21.8 Å². The van der Waals surface area contributed by atoms with Crippen LogP contribution >= 0.6 is 11.6 Å². The van der Waals surface area contributed by atoms with E-state index in [1.807, 2.05) is 6.92 Å². The summed E-state index contributed by atoms with van der Waals surface area (Å²) in [4.78, 5) is 25.2. The summed E-state index contributed by atoms with van der Waals surface area (Å²) < 4.78 is 40.4. The van der Waals surface area contributed by atoms with E-state index in [-0.39, 0.29) is 16.3 Å². The highest BCUT2D eigenvalue weighted by Gasteiger charge is 2.31. The second-order valence-electron chi connectivity index (χ2n) is 5.82. The van der Waals surface area contributed by atoms with E-state index in [1.54, 1.807) is 28.8 Å². The van der Waals surface area contributed by atoms with Gasteiger partial charge in [-0.05, 0) is 37.3 Å². The van der Waals surface area contributed by atoms with E-state index in [2.05, 4.69) is 5.32 Å². The number of hydrogen-bond donors (Lipinski definition) is 1. The molecule has 0 saturated carbocycles. The van der Waals surface area contributed by atoms with Crippen LogP contribution in [0.1, 0.15) is 22.8 Å². The molecule has 1 amide bonds. The molecule has 0 radical (unpaired) electrons. The molecule has 27 heavy (non-hydrogen) atoms. The molecule has 140 valence electrons. The summed E-state index contributed by atoms with van der Waals surface area (Å²) in [6.45, 7) is 2.35. The number of anilines is 1. The smallest absolute Gasteiger partial charge is 0.347 e. The number of benzene rings is 2. The van der Waals surface area contributed by atoms with Crippen LogP contribution in [0.2, 0.25) is 5.02 Å². The van der Waals surface area contributed by atoms with Crippen molar-refractivity contribution in [1.82, 2.24) is 4.57 Å². The molecular weight excluding hydrogens is 381 g/mol. The Hall–Kier alpha value is -2.80. The number of aromatic nitrogens is 1. The zero-order valence-corrected chi connectivity index (χ0v) is 14.9.